The monoisotopic (exact) mass is 651 g/mol. The van der Waals surface area contributed by atoms with Gasteiger partial charge in [-0.3, -0.25) is 9.59 Å². The second-order valence-electron chi connectivity index (χ2n) is 13.7. The van der Waals surface area contributed by atoms with E-state index in [4.69, 9.17) is 20.9 Å². The number of carbonyl (C=O) groups excluding carboxylic acids is 2. The van der Waals surface area contributed by atoms with Gasteiger partial charge in [-0.2, -0.15) is 0 Å². The predicted molar refractivity (Wildman–Crippen MR) is 170 cm³/mol. The van der Waals surface area contributed by atoms with Crippen LogP contribution in [0.3, 0.4) is 0 Å². The summed E-state index contributed by atoms with van der Waals surface area (Å²) in [5.41, 5.74) is 3.10. The van der Waals surface area contributed by atoms with Gasteiger partial charge in [0.2, 0.25) is 0 Å². The van der Waals surface area contributed by atoms with E-state index in [1.165, 1.54) is 17.7 Å². The Morgan fingerprint density at radius 3 is 2.20 bits per heavy atom. The summed E-state index contributed by atoms with van der Waals surface area (Å²) in [7, 11) is -0.311. The van der Waals surface area contributed by atoms with Crippen LogP contribution in [0.1, 0.15) is 88.1 Å². The molecule has 1 atom stereocenters. The Kier molecular flexibility index (Phi) is 8.31. The molecule has 3 heterocycles. The molecule has 1 unspecified atom stereocenters. The molecule has 0 radical (unpaired) electrons. The van der Waals surface area contributed by atoms with Crippen LogP contribution in [0.25, 0.3) is 0 Å². The van der Waals surface area contributed by atoms with Gasteiger partial charge < -0.3 is 18.8 Å². The Morgan fingerprint density at radius 1 is 0.957 bits per heavy atom. The van der Waals surface area contributed by atoms with Gasteiger partial charge in [0.1, 0.15) is 16.7 Å². The molecule has 7 nitrogen and oxygen atoms in total. The minimum Gasteiger partial charge on any atom is -0.399 e. The Balaban J connectivity index is 0.000000164. The van der Waals surface area contributed by atoms with E-state index in [-0.39, 0.29) is 42.0 Å². The van der Waals surface area contributed by atoms with Crippen molar-refractivity contribution in [2.24, 2.45) is 0 Å². The standard InChI is InChI=1S/C18H14ClF2NO3.C17H23BO3/c1-10-2-4-12(22-16(10)19)9-15(23)17(6-7-17)11-3-5-13-14(8-11)25-18(20,21)24-13;1-16(2)17(3,4)21-18(20-16)14-8-5-12(6-9-14)13-7-10-15(19)11-13/h2-5,8H,6-7,9H2,1H3;5-6,8-9,13H,7,10-11H2,1-4H3. The van der Waals surface area contributed by atoms with Crippen molar-refractivity contribution in [1.29, 1.82) is 0 Å². The van der Waals surface area contributed by atoms with Crippen molar-refractivity contribution in [1.82, 2.24) is 4.98 Å². The van der Waals surface area contributed by atoms with Gasteiger partial charge in [0.25, 0.3) is 0 Å². The fourth-order valence-electron chi connectivity index (χ4n) is 6.08. The molecular formula is C35H37BClF2NO6. The SMILES string of the molecule is CC1(C)OB(c2ccc(C3CCC(=O)C3)cc2)OC1(C)C.Cc1ccc(CC(=O)C2(c3ccc4c(c3)OC(F)(F)O4)CC2)nc1Cl. The number of fused-ring (bicyclic) bond motifs is 1. The molecule has 2 aromatic carbocycles. The van der Waals surface area contributed by atoms with Crippen molar-refractivity contribution in [3.8, 4) is 11.5 Å². The maximum atomic E-state index is 13.2. The number of hydrogen-bond donors (Lipinski definition) is 0. The second kappa shape index (κ2) is 11.7. The highest BCUT2D eigenvalue weighted by Crippen LogP contribution is 2.52. The number of aryl methyl sites for hydroxylation is 1. The Morgan fingerprint density at radius 2 is 1.61 bits per heavy atom. The average molecular weight is 652 g/mol. The van der Waals surface area contributed by atoms with Crippen molar-refractivity contribution in [3.63, 3.8) is 0 Å². The lowest BCUT2D eigenvalue weighted by Gasteiger charge is -2.32. The first-order valence-electron chi connectivity index (χ1n) is 15.6. The summed E-state index contributed by atoms with van der Waals surface area (Å²) in [6.45, 7) is 10.1. The largest absolute Gasteiger partial charge is 0.586 e. The first-order valence-corrected chi connectivity index (χ1v) is 16.0. The normalized spacial score (nSPS) is 22.7. The summed E-state index contributed by atoms with van der Waals surface area (Å²) >= 11 is 6.01. The van der Waals surface area contributed by atoms with E-state index in [1.54, 1.807) is 12.1 Å². The van der Waals surface area contributed by atoms with Crippen LogP contribution in [0.2, 0.25) is 5.15 Å². The third kappa shape index (κ3) is 6.44. The third-order valence-electron chi connectivity index (χ3n) is 9.85. The minimum atomic E-state index is -3.66. The molecule has 11 heteroatoms. The molecule has 1 aromatic heterocycles. The molecule has 0 spiro atoms. The highest BCUT2D eigenvalue weighted by atomic mass is 35.5. The van der Waals surface area contributed by atoms with Gasteiger partial charge in [0.05, 0.1) is 16.6 Å². The van der Waals surface area contributed by atoms with Crippen LogP contribution in [0, 0.1) is 6.92 Å². The number of Topliss-reactive ketones (excluding diaryl/α,β-unsaturated/α-hetero) is 2. The number of hydrogen-bond acceptors (Lipinski definition) is 7. The zero-order chi connectivity index (χ0) is 33.1. The lowest BCUT2D eigenvalue weighted by molar-refractivity contribution is -0.286. The van der Waals surface area contributed by atoms with Crippen LogP contribution < -0.4 is 14.9 Å². The summed E-state index contributed by atoms with van der Waals surface area (Å²) in [5.74, 6) is 0.701. The zero-order valence-corrected chi connectivity index (χ0v) is 27.4. The van der Waals surface area contributed by atoms with E-state index in [0.717, 1.165) is 23.9 Å². The van der Waals surface area contributed by atoms with Crippen LogP contribution in [0.4, 0.5) is 8.78 Å². The first kappa shape index (κ1) is 32.6. The summed E-state index contributed by atoms with van der Waals surface area (Å²) in [5, 5.41) is 0.375. The van der Waals surface area contributed by atoms with Crippen molar-refractivity contribution >= 4 is 35.7 Å². The van der Waals surface area contributed by atoms with Gasteiger partial charge in [-0.15, -0.1) is 8.78 Å². The van der Waals surface area contributed by atoms with Gasteiger partial charge in [0.15, 0.2) is 11.5 Å². The van der Waals surface area contributed by atoms with E-state index in [9.17, 15) is 18.4 Å². The summed E-state index contributed by atoms with van der Waals surface area (Å²) in [6, 6.07) is 16.5. The molecule has 2 saturated carbocycles. The predicted octanol–water partition coefficient (Wildman–Crippen LogP) is 7.03. The molecule has 7 rings (SSSR count). The van der Waals surface area contributed by atoms with Gasteiger partial charge in [-0.1, -0.05) is 48.0 Å². The molecule has 4 aliphatic rings. The van der Waals surface area contributed by atoms with Crippen molar-refractivity contribution in [2.45, 2.75) is 102 Å². The molecule has 2 aliphatic carbocycles. The molecule has 0 amide bonds. The van der Waals surface area contributed by atoms with Gasteiger partial charge in [-0.05, 0) is 100 Å². The van der Waals surface area contributed by atoms with Crippen LogP contribution in [0.15, 0.2) is 54.6 Å². The summed E-state index contributed by atoms with van der Waals surface area (Å²) < 4.78 is 47.3. The number of halogens is 3. The number of nitrogens with zero attached hydrogens (tertiary/aromatic N) is 1. The highest BCUT2D eigenvalue weighted by Gasteiger charge is 2.53. The molecule has 3 aromatic rings. The number of benzene rings is 2. The van der Waals surface area contributed by atoms with E-state index < -0.39 is 11.7 Å². The molecule has 1 saturated heterocycles. The number of rotatable bonds is 6. The zero-order valence-electron chi connectivity index (χ0n) is 26.6. The minimum absolute atomic E-state index is 0.00875. The van der Waals surface area contributed by atoms with Crippen LogP contribution in [-0.2, 0) is 30.7 Å². The number of ketones is 2. The fraction of sp³-hybridized carbons (Fsp3) is 0.457. The fourth-order valence-corrected chi connectivity index (χ4v) is 6.25. The van der Waals surface area contributed by atoms with Crippen LogP contribution in [0.5, 0.6) is 11.5 Å². The lowest BCUT2D eigenvalue weighted by atomic mass is 9.78. The molecule has 3 fully saturated rings. The number of carbonyl (C=O) groups is 2. The average Bonchev–Trinajstić information content (AvgIpc) is 3.51. The quantitative estimate of drug-likeness (QED) is 0.209. The molecule has 2 aliphatic heterocycles. The van der Waals surface area contributed by atoms with Crippen LogP contribution in [-0.4, -0.2) is 41.2 Å². The number of pyridine rings is 1. The van der Waals surface area contributed by atoms with E-state index in [0.29, 0.717) is 47.4 Å². The van der Waals surface area contributed by atoms with E-state index in [1.807, 2.05) is 13.0 Å². The van der Waals surface area contributed by atoms with Gasteiger partial charge in [-0.25, -0.2) is 4.98 Å². The summed E-state index contributed by atoms with van der Waals surface area (Å²) in [6.07, 6.45) is 0.214. The van der Waals surface area contributed by atoms with E-state index in [2.05, 4.69) is 66.4 Å². The number of ether oxygens (including phenoxy) is 2. The first-order chi connectivity index (χ1) is 21.6. The van der Waals surface area contributed by atoms with Crippen molar-refractivity contribution in [3.05, 3.63) is 82.1 Å². The molecule has 46 heavy (non-hydrogen) atoms. The smallest absolute Gasteiger partial charge is 0.399 e. The van der Waals surface area contributed by atoms with Crippen molar-refractivity contribution in [2.75, 3.05) is 0 Å². The number of aromatic nitrogens is 1. The maximum absolute atomic E-state index is 13.2. The number of alkyl halides is 2. The lowest BCUT2D eigenvalue weighted by Crippen LogP contribution is -2.41. The van der Waals surface area contributed by atoms with Gasteiger partial charge >= 0.3 is 13.4 Å². The molecule has 0 bridgehead atoms. The summed E-state index contributed by atoms with van der Waals surface area (Å²) in [4.78, 5) is 28.4. The molecule has 0 N–H and O–H groups in total. The topological polar surface area (TPSA) is 84.0 Å². The Hall–Kier alpha value is -3.34. The highest BCUT2D eigenvalue weighted by molar-refractivity contribution is 6.62. The second-order valence-corrected chi connectivity index (χ2v) is 14.0. The Labute approximate surface area is 273 Å². The third-order valence-corrected chi connectivity index (χ3v) is 10.2. The van der Waals surface area contributed by atoms with Crippen LogP contribution >= 0.6 is 11.6 Å². The maximum Gasteiger partial charge on any atom is 0.586 e. The molecular weight excluding hydrogens is 615 g/mol. The van der Waals surface area contributed by atoms with Gasteiger partial charge in [0, 0.05) is 25.0 Å². The van der Waals surface area contributed by atoms with Crippen molar-refractivity contribution < 1.29 is 37.2 Å². The van der Waals surface area contributed by atoms with E-state index >= 15 is 0 Å². The Bertz CT molecular complexity index is 1660. The molecule has 242 valence electrons.